The average Bonchev–Trinajstić information content (AvgIpc) is 3.04. The predicted molar refractivity (Wildman–Crippen MR) is 185 cm³/mol. The van der Waals surface area contributed by atoms with E-state index in [4.69, 9.17) is 4.98 Å². The molecule has 0 atom stereocenters. The van der Waals surface area contributed by atoms with E-state index >= 15 is 0 Å². The van der Waals surface area contributed by atoms with E-state index < -0.39 is 0 Å². The number of aliphatic hydroxyl groups excluding tert-OH is 1. The van der Waals surface area contributed by atoms with Crippen LogP contribution in [0.3, 0.4) is 0 Å². The molecule has 0 fully saturated rings. The maximum Gasteiger partial charge on any atom is 0.162 e. The van der Waals surface area contributed by atoms with E-state index in [1.165, 1.54) is 49.9 Å². The van der Waals surface area contributed by atoms with Crippen molar-refractivity contribution in [1.29, 1.82) is 0 Å². The molecule has 0 bridgehead atoms. The molecule has 6 rings (SSSR count). The first-order valence-corrected chi connectivity index (χ1v) is 16.1. The van der Waals surface area contributed by atoms with Crippen molar-refractivity contribution in [3.8, 4) is 22.4 Å². The molecule has 0 saturated heterocycles. The standard InChI is InChI=1S/C28H20N.C13H24O2.Ir/c1-28(2)24-17-21(18-8-4-3-5-9-18)16-20-14-15-29-27(25(20)24)23-13-12-19-10-6-7-11-22(19)26(23)28;1-5-10(6-2)12(14)9-13(15)11(7-3)8-4;/h3-12,14-17H,1-2H3;9-11,14H,5-8H2,1-4H3;/q-1;;/b;12-9-;. The van der Waals surface area contributed by atoms with Crippen LogP contribution in [-0.4, -0.2) is 15.9 Å². The number of carbonyl (C=O) groups is 1. The van der Waals surface area contributed by atoms with Gasteiger partial charge in [0, 0.05) is 44.2 Å². The molecule has 0 amide bonds. The van der Waals surface area contributed by atoms with Gasteiger partial charge in [0.15, 0.2) is 5.78 Å². The molecule has 3 nitrogen and oxygen atoms in total. The molecule has 4 heteroatoms. The predicted octanol–water partition coefficient (Wildman–Crippen LogP) is 11.0. The molecular weight excluding hydrogens is 731 g/mol. The molecule has 1 radical (unpaired) electrons. The van der Waals surface area contributed by atoms with Crippen molar-refractivity contribution in [3.63, 3.8) is 0 Å². The van der Waals surface area contributed by atoms with Crippen molar-refractivity contribution in [2.24, 2.45) is 11.8 Å². The number of nitrogens with zero attached hydrogens (tertiary/aromatic N) is 1. The van der Waals surface area contributed by atoms with E-state index in [0.29, 0.717) is 0 Å². The zero-order chi connectivity index (χ0) is 31.4. The summed E-state index contributed by atoms with van der Waals surface area (Å²) in [6.07, 6.45) is 6.84. The van der Waals surface area contributed by atoms with Crippen LogP contribution >= 0.6 is 0 Å². The fraction of sp³-hybridized carbons (Fsp3) is 0.317. The fourth-order valence-corrected chi connectivity index (χ4v) is 6.75. The van der Waals surface area contributed by atoms with Crippen molar-refractivity contribution < 1.29 is 30.0 Å². The molecule has 0 spiro atoms. The second-order valence-corrected chi connectivity index (χ2v) is 12.4. The van der Waals surface area contributed by atoms with Crippen LogP contribution in [0.4, 0.5) is 0 Å². The van der Waals surface area contributed by atoms with Gasteiger partial charge >= 0.3 is 0 Å². The zero-order valence-electron chi connectivity index (χ0n) is 27.3. The minimum absolute atomic E-state index is 0. The summed E-state index contributed by atoms with van der Waals surface area (Å²) in [5.74, 6) is 0.547. The molecule has 5 aromatic rings. The summed E-state index contributed by atoms with van der Waals surface area (Å²) in [5, 5.41) is 14.8. The van der Waals surface area contributed by atoms with Crippen LogP contribution in [-0.2, 0) is 30.3 Å². The van der Waals surface area contributed by atoms with Crippen molar-refractivity contribution >= 4 is 27.3 Å². The number of benzene rings is 4. The Morgan fingerprint density at radius 1 is 0.844 bits per heavy atom. The normalized spacial score (nSPS) is 13.3. The monoisotopic (exact) mass is 775 g/mol. The third kappa shape index (κ3) is 6.69. The fourth-order valence-electron chi connectivity index (χ4n) is 6.75. The van der Waals surface area contributed by atoms with Gasteiger partial charge in [-0.3, -0.25) is 4.79 Å². The molecule has 45 heavy (non-hydrogen) atoms. The van der Waals surface area contributed by atoms with Crippen molar-refractivity contribution in [3.05, 3.63) is 114 Å². The molecule has 0 saturated carbocycles. The molecule has 1 aliphatic carbocycles. The Morgan fingerprint density at radius 3 is 2.16 bits per heavy atom. The maximum absolute atomic E-state index is 11.7. The van der Waals surface area contributed by atoms with Gasteiger partial charge in [-0.1, -0.05) is 113 Å². The molecule has 1 aromatic heterocycles. The smallest absolute Gasteiger partial charge is 0.162 e. The molecular formula is C41H44IrNO2-. The summed E-state index contributed by atoms with van der Waals surface area (Å²) in [5.41, 5.74) is 7.21. The summed E-state index contributed by atoms with van der Waals surface area (Å²) >= 11 is 0. The van der Waals surface area contributed by atoms with Crippen molar-refractivity contribution in [2.45, 2.75) is 72.6 Å². The van der Waals surface area contributed by atoms with Crippen molar-refractivity contribution in [1.82, 2.24) is 4.98 Å². The topological polar surface area (TPSA) is 50.2 Å². The van der Waals surface area contributed by atoms with Gasteiger partial charge in [0.25, 0.3) is 0 Å². The van der Waals surface area contributed by atoms with Gasteiger partial charge in [0.2, 0.25) is 0 Å². The Bertz CT molecular complexity index is 1810. The van der Waals surface area contributed by atoms with E-state index in [0.717, 1.165) is 36.9 Å². The number of carbonyl (C=O) groups excluding carboxylic acids is 1. The maximum atomic E-state index is 11.7. The number of aliphatic hydroxyl groups is 1. The number of aromatic nitrogens is 1. The van der Waals surface area contributed by atoms with E-state index in [1.807, 2.05) is 33.9 Å². The number of pyridine rings is 1. The number of hydrogen-bond acceptors (Lipinski definition) is 3. The molecule has 1 N–H and O–H groups in total. The zero-order valence-corrected chi connectivity index (χ0v) is 29.7. The summed E-state index contributed by atoms with van der Waals surface area (Å²) in [7, 11) is 0. The first kappa shape index (κ1) is 34.3. The Morgan fingerprint density at radius 2 is 1.49 bits per heavy atom. The van der Waals surface area contributed by atoms with Gasteiger partial charge in [-0.15, -0.1) is 23.3 Å². The quantitative estimate of drug-likeness (QED) is 0.0970. The minimum atomic E-state index is -0.147. The Balaban J connectivity index is 0.000000249. The van der Waals surface area contributed by atoms with E-state index in [2.05, 4.69) is 98.8 Å². The second kappa shape index (κ2) is 14.7. The number of rotatable bonds is 8. The molecule has 4 aromatic carbocycles. The van der Waals surface area contributed by atoms with Crippen LogP contribution in [0.25, 0.3) is 43.9 Å². The van der Waals surface area contributed by atoms with E-state index in [9.17, 15) is 9.90 Å². The summed E-state index contributed by atoms with van der Waals surface area (Å²) in [4.78, 5) is 16.5. The van der Waals surface area contributed by atoms with Gasteiger partial charge in [0.05, 0.1) is 5.76 Å². The number of fused-ring (bicyclic) bond motifs is 4. The van der Waals surface area contributed by atoms with Gasteiger partial charge in [-0.2, -0.15) is 0 Å². The van der Waals surface area contributed by atoms with Gasteiger partial charge in [-0.25, -0.2) is 0 Å². The van der Waals surface area contributed by atoms with Crippen LogP contribution in [0.1, 0.15) is 78.4 Å². The van der Waals surface area contributed by atoms with Crippen LogP contribution < -0.4 is 0 Å². The summed E-state index contributed by atoms with van der Waals surface area (Å²) < 4.78 is 0. The Hall–Kier alpha value is -3.59. The van der Waals surface area contributed by atoms with Gasteiger partial charge < -0.3 is 10.1 Å². The number of hydrogen-bond donors (Lipinski definition) is 1. The van der Waals surface area contributed by atoms with Crippen LogP contribution in [0, 0.1) is 17.9 Å². The third-order valence-electron chi connectivity index (χ3n) is 9.44. The van der Waals surface area contributed by atoms with Gasteiger partial charge in [-0.05, 0) is 76.4 Å². The molecule has 0 unspecified atom stereocenters. The van der Waals surface area contributed by atoms with Crippen LogP contribution in [0.5, 0.6) is 0 Å². The number of ketones is 1. The molecule has 235 valence electrons. The SMILES string of the molecule is CC1(C)c2c([c-]cc3ccccc23)-c2nccc3cc(-c4ccccc4)cc1c23.CCC(CC)C(=O)/C=C(\O)C(CC)CC.[Ir]. The Labute approximate surface area is 282 Å². The summed E-state index contributed by atoms with van der Waals surface area (Å²) in [6.45, 7) is 12.7. The van der Waals surface area contributed by atoms with Crippen LogP contribution in [0.2, 0.25) is 0 Å². The molecule has 0 aliphatic heterocycles. The van der Waals surface area contributed by atoms with E-state index in [1.54, 1.807) is 0 Å². The minimum Gasteiger partial charge on any atom is -0.512 e. The first-order chi connectivity index (χ1) is 21.2. The first-order valence-electron chi connectivity index (χ1n) is 16.1. The Kier molecular flexibility index (Phi) is 11.2. The largest absolute Gasteiger partial charge is 0.512 e. The third-order valence-corrected chi connectivity index (χ3v) is 9.44. The summed E-state index contributed by atoms with van der Waals surface area (Å²) in [6, 6.07) is 31.7. The number of allylic oxidation sites excluding steroid dienone is 2. The van der Waals surface area contributed by atoms with Crippen LogP contribution in [0.15, 0.2) is 96.9 Å². The van der Waals surface area contributed by atoms with Crippen molar-refractivity contribution in [2.75, 3.05) is 0 Å². The second-order valence-electron chi connectivity index (χ2n) is 12.4. The van der Waals surface area contributed by atoms with Gasteiger partial charge in [0.1, 0.15) is 0 Å². The molecule has 1 heterocycles. The molecule has 1 aliphatic rings. The average molecular weight is 775 g/mol. The van der Waals surface area contributed by atoms with E-state index in [-0.39, 0.29) is 48.9 Å².